The summed E-state index contributed by atoms with van der Waals surface area (Å²) in [5, 5.41) is 38.2. The van der Waals surface area contributed by atoms with Gasteiger partial charge in [0.25, 0.3) is 0 Å². The number of hydrogen-bond donors (Lipinski definition) is 4. The van der Waals surface area contributed by atoms with Crippen LogP contribution in [0.4, 0.5) is 0 Å². The third-order valence-corrected chi connectivity index (χ3v) is 4.17. The Hall–Kier alpha value is -0.420. The molecule has 0 aromatic rings. The Bertz CT molecular complexity index is 282. The lowest BCUT2D eigenvalue weighted by Gasteiger charge is -2.30. The highest BCUT2D eigenvalue weighted by atomic mass is 16.3. The van der Waals surface area contributed by atoms with Crippen LogP contribution in [0.2, 0.25) is 0 Å². The molecule has 2 rings (SSSR count). The van der Waals surface area contributed by atoms with Gasteiger partial charge < -0.3 is 20.4 Å². The zero-order valence-corrected chi connectivity index (χ0v) is 10.7. The van der Waals surface area contributed by atoms with Crippen molar-refractivity contribution < 1.29 is 20.4 Å². The highest BCUT2D eigenvalue weighted by molar-refractivity contribution is 4.99. The Kier molecular flexibility index (Phi) is 4.78. The maximum atomic E-state index is 9.61. The van der Waals surface area contributed by atoms with Crippen molar-refractivity contribution in [2.24, 2.45) is 11.8 Å². The maximum Gasteiger partial charge on any atom is 0.0804 e. The van der Waals surface area contributed by atoms with Gasteiger partial charge in [-0.1, -0.05) is 12.2 Å². The van der Waals surface area contributed by atoms with Crippen LogP contribution in [-0.2, 0) is 0 Å². The number of rotatable bonds is 2. The molecule has 0 aliphatic heterocycles. The molecular weight excluding hydrogens is 232 g/mol. The average molecular weight is 256 g/mol. The smallest absolute Gasteiger partial charge is 0.0804 e. The van der Waals surface area contributed by atoms with Crippen molar-refractivity contribution in [2.75, 3.05) is 0 Å². The van der Waals surface area contributed by atoms with Gasteiger partial charge in [-0.2, -0.15) is 0 Å². The van der Waals surface area contributed by atoms with Crippen LogP contribution in [0, 0.1) is 11.8 Å². The van der Waals surface area contributed by atoms with Gasteiger partial charge in [-0.25, -0.2) is 0 Å². The third-order valence-electron chi connectivity index (χ3n) is 4.17. The van der Waals surface area contributed by atoms with Crippen molar-refractivity contribution in [1.29, 1.82) is 0 Å². The molecule has 2 fully saturated rings. The second kappa shape index (κ2) is 6.15. The zero-order valence-electron chi connectivity index (χ0n) is 10.7. The molecule has 0 spiro atoms. The largest absolute Gasteiger partial charge is 0.393 e. The monoisotopic (exact) mass is 256 g/mol. The van der Waals surface area contributed by atoms with Crippen LogP contribution >= 0.6 is 0 Å². The molecule has 4 heteroatoms. The summed E-state index contributed by atoms with van der Waals surface area (Å²) in [5.41, 5.74) is 0. The predicted molar refractivity (Wildman–Crippen MR) is 67.8 cm³/mol. The van der Waals surface area contributed by atoms with Gasteiger partial charge in [0.05, 0.1) is 24.4 Å². The molecule has 4 nitrogen and oxygen atoms in total. The lowest BCUT2D eigenvalue weighted by molar-refractivity contribution is -0.0191. The zero-order chi connectivity index (χ0) is 13.1. The van der Waals surface area contributed by atoms with Crippen LogP contribution in [0.5, 0.6) is 0 Å². The molecule has 5 unspecified atom stereocenters. The van der Waals surface area contributed by atoms with Gasteiger partial charge >= 0.3 is 0 Å². The van der Waals surface area contributed by atoms with E-state index in [1.165, 1.54) is 0 Å². The summed E-state index contributed by atoms with van der Waals surface area (Å²) in [7, 11) is 0. The number of allylic oxidation sites excluding steroid dienone is 2. The fraction of sp³-hybridized carbons (Fsp3) is 0.857. The second-order valence-corrected chi connectivity index (χ2v) is 5.87. The number of hydrogen-bond acceptors (Lipinski definition) is 4. The summed E-state index contributed by atoms with van der Waals surface area (Å²) in [5.74, 6) is 0.535. The first kappa shape index (κ1) is 14.0. The Morgan fingerprint density at radius 2 is 1.22 bits per heavy atom. The fourth-order valence-corrected chi connectivity index (χ4v) is 3.11. The average Bonchev–Trinajstić information content (AvgIpc) is 2.29. The highest BCUT2D eigenvalue weighted by Gasteiger charge is 2.27. The lowest BCUT2D eigenvalue weighted by Crippen LogP contribution is -2.33. The molecule has 104 valence electrons. The summed E-state index contributed by atoms with van der Waals surface area (Å²) in [6.45, 7) is 0. The first-order chi connectivity index (χ1) is 8.54. The summed E-state index contributed by atoms with van der Waals surface area (Å²) in [4.78, 5) is 0. The van der Waals surface area contributed by atoms with E-state index in [0.29, 0.717) is 38.0 Å². The number of aliphatic hydroxyl groups is 4. The summed E-state index contributed by atoms with van der Waals surface area (Å²) in [6, 6.07) is 0. The van der Waals surface area contributed by atoms with E-state index in [1.807, 2.05) is 0 Å². The van der Waals surface area contributed by atoms with Crippen molar-refractivity contribution in [3.05, 3.63) is 12.2 Å². The van der Waals surface area contributed by atoms with Crippen LogP contribution in [0.3, 0.4) is 0 Å². The molecule has 0 bridgehead atoms. The quantitative estimate of drug-likeness (QED) is 0.545. The predicted octanol–water partition coefficient (Wildman–Crippen LogP) is 0.586. The number of aliphatic hydroxyl groups excluding tert-OH is 4. The van der Waals surface area contributed by atoms with Crippen LogP contribution < -0.4 is 0 Å². The van der Waals surface area contributed by atoms with Gasteiger partial charge in [-0.15, -0.1) is 0 Å². The maximum absolute atomic E-state index is 9.61. The molecule has 0 amide bonds. The minimum absolute atomic E-state index is 0.229. The van der Waals surface area contributed by atoms with E-state index in [2.05, 4.69) is 12.2 Å². The topological polar surface area (TPSA) is 80.9 Å². The third kappa shape index (κ3) is 3.79. The lowest BCUT2D eigenvalue weighted by atomic mass is 9.81. The summed E-state index contributed by atoms with van der Waals surface area (Å²) in [6.07, 6.45) is 6.22. The van der Waals surface area contributed by atoms with Crippen molar-refractivity contribution in [3.63, 3.8) is 0 Å². The van der Waals surface area contributed by atoms with Crippen LogP contribution in [0.25, 0.3) is 0 Å². The standard InChI is InChI=1S/C14H24O4/c15-11-5-10(6-12(16)8-11)2-1-9-3-4-13(17)14(18)7-9/h1-2,9-18H,3-8H2/b2-1+. The SMILES string of the molecule is OC1CC(O)CC(/C=C/C2CCC(O)C(O)C2)C1. The van der Waals surface area contributed by atoms with Gasteiger partial charge in [0.2, 0.25) is 0 Å². The minimum Gasteiger partial charge on any atom is -0.393 e. The highest BCUT2D eigenvalue weighted by Crippen LogP contribution is 2.29. The molecular formula is C14H24O4. The molecule has 5 atom stereocenters. The van der Waals surface area contributed by atoms with E-state index in [9.17, 15) is 20.4 Å². The Labute approximate surface area is 108 Å². The minimum atomic E-state index is -0.615. The van der Waals surface area contributed by atoms with Crippen molar-refractivity contribution in [2.45, 2.75) is 62.9 Å². The Balaban J connectivity index is 1.83. The molecule has 2 saturated carbocycles. The van der Waals surface area contributed by atoms with Crippen LogP contribution in [0.1, 0.15) is 38.5 Å². The van der Waals surface area contributed by atoms with Gasteiger partial charge in [0.15, 0.2) is 0 Å². The van der Waals surface area contributed by atoms with Gasteiger partial charge in [0, 0.05) is 0 Å². The fourth-order valence-electron chi connectivity index (χ4n) is 3.11. The second-order valence-electron chi connectivity index (χ2n) is 5.87. The Morgan fingerprint density at radius 3 is 1.83 bits per heavy atom. The molecule has 18 heavy (non-hydrogen) atoms. The van der Waals surface area contributed by atoms with Crippen molar-refractivity contribution in [1.82, 2.24) is 0 Å². The van der Waals surface area contributed by atoms with E-state index in [0.717, 1.165) is 6.42 Å². The van der Waals surface area contributed by atoms with E-state index < -0.39 is 24.4 Å². The van der Waals surface area contributed by atoms with E-state index in [4.69, 9.17) is 0 Å². The molecule has 0 heterocycles. The summed E-state index contributed by atoms with van der Waals surface area (Å²) < 4.78 is 0. The Morgan fingerprint density at radius 1 is 0.611 bits per heavy atom. The first-order valence-corrected chi connectivity index (χ1v) is 6.95. The van der Waals surface area contributed by atoms with E-state index in [-0.39, 0.29) is 5.92 Å². The molecule has 2 aliphatic rings. The van der Waals surface area contributed by atoms with Crippen LogP contribution in [-0.4, -0.2) is 44.8 Å². The van der Waals surface area contributed by atoms with Crippen molar-refractivity contribution in [3.8, 4) is 0 Å². The molecule has 0 aromatic heterocycles. The normalized spacial score (nSPS) is 46.4. The molecule has 0 aromatic carbocycles. The van der Waals surface area contributed by atoms with Crippen molar-refractivity contribution >= 4 is 0 Å². The van der Waals surface area contributed by atoms with Gasteiger partial charge in [-0.05, 0) is 50.4 Å². The van der Waals surface area contributed by atoms with Crippen LogP contribution in [0.15, 0.2) is 12.2 Å². The van der Waals surface area contributed by atoms with E-state index in [1.54, 1.807) is 0 Å². The molecule has 2 aliphatic carbocycles. The van der Waals surface area contributed by atoms with Gasteiger partial charge in [-0.3, -0.25) is 0 Å². The first-order valence-electron chi connectivity index (χ1n) is 6.95. The van der Waals surface area contributed by atoms with E-state index >= 15 is 0 Å². The molecule has 4 N–H and O–H groups in total. The molecule has 0 saturated heterocycles. The van der Waals surface area contributed by atoms with Gasteiger partial charge in [0.1, 0.15) is 0 Å². The summed E-state index contributed by atoms with van der Waals surface area (Å²) >= 11 is 0. The molecule has 0 radical (unpaired) electrons.